The van der Waals surface area contributed by atoms with Gasteiger partial charge in [-0.2, -0.15) is 0 Å². The fourth-order valence-electron chi connectivity index (χ4n) is 3.16. The highest BCUT2D eigenvalue weighted by Gasteiger charge is 2.40. The molecular weight excluding hydrogens is 312 g/mol. The van der Waals surface area contributed by atoms with Crippen molar-refractivity contribution in [3.63, 3.8) is 0 Å². The predicted molar refractivity (Wildman–Crippen MR) is 106 cm³/mol. The van der Waals surface area contributed by atoms with Gasteiger partial charge < -0.3 is 9.74 Å². The molecule has 0 aliphatic carbocycles. The van der Waals surface area contributed by atoms with E-state index < -0.39 is 8.32 Å². The zero-order valence-electron chi connectivity index (χ0n) is 16.6. The van der Waals surface area contributed by atoms with Crippen LogP contribution in [-0.2, 0) is 4.43 Å². The van der Waals surface area contributed by atoms with Crippen LogP contribution in [0.2, 0.25) is 18.1 Å². The minimum Gasteiger partial charge on any atom is -0.413 e. The van der Waals surface area contributed by atoms with Crippen LogP contribution in [0.1, 0.15) is 44.4 Å². The molecule has 1 heterocycles. The van der Waals surface area contributed by atoms with Crippen molar-refractivity contribution in [3.05, 3.63) is 35.4 Å². The largest absolute Gasteiger partial charge is 0.413 e. The van der Waals surface area contributed by atoms with Gasteiger partial charge in [0.1, 0.15) is 0 Å². The number of nitrogens with zero attached hydrogens (tertiary/aromatic N) is 1. The molecule has 1 saturated heterocycles. The minimum absolute atomic E-state index is 0.287. The van der Waals surface area contributed by atoms with E-state index in [1.165, 1.54) is 11.1 Å². The average molecular weight is 349 g/mol. The second kappa shape index (κ2) is 7.69. The fourth-order valence-corrected chi connectivity index (χ4v) is 4.54. The Kier molecular flexibility index (Phi) is 6.29. The van der Waals surface area contributed by atoms with E-state index in [9.17, 15) is 0 Å². The lowest BCUT2D eigenvalue weighted by Crippen LogP contribution is -2.44. The van der Waals surface area contributed by atoms with Crippen LogP contribution in [0.4, 0.5) is 0 Å². The van der Waals surface area contributed by atoms with Gasteiger partial charge >= 0.3 is 0 Å². The molecule has 1 N–H and O–H groups in total. The molecule has 2 atom stereocenters. The van der Waals surface area contributed by atoms with Crippen LogP contribution in [0.3, 0.4) is 0 Å². The second-order valence-electron chi connectivity index (χ2n) is 8.80. The second-order valence-corrected chi connectivity index (χ2v) is 13.6. The summed E-state index contributed by atoms with van der Waals surface area (Å²) in [6.07, 6.45) is 1.57. The topological polar surface area (TPSA) is 24.5 Å². The highest BCUT2D eigenvalue weighted by Crippen LogP contribution is 2.38. The molecule has 24 heavy (non-hydrogen) atoms. The van der Waals surface area contributed by atoms with Gasteiger partial charge in [0.2, 0.25) is 0 Å². The number of rotatable bonds is 6. The third kappa shape index (κ3) is 4.91. The normalized spacial score (nSPS) is 21.2. The maximum atomic E-state index is 6.61. The Hall–Kier alpha value is -0.683. The number of likely N-dealkylation sites (tertiary alicyclic amines) is 1. The molecule has 0 bridgehead atoms. The van der Waals surface area contributed by atoms with Gasteiger partial charge in [-0.1, -0.05) is 50.6 Å². The maximum Gasteiger partial charge on any atom is 0.192 e. The summed E-state index contributed by atoms with van der Waals surface area (Å²) in [5.41, 5.74) is 2.71. The van der Waals surface area contributed by atoms with E-state index in [0.717, 1.165) is 26.1 Å². The van der Waals surface area contributed by atoms with Gasteiger partial charge in [0.05, 0.1) is 6.10 Å². The van der Waals surface area contributed by atoms with E-state index in [2.05, 4.69) is 82.3 Å². The lowest BCUT2D eigenvalue weighted by Gasteiger charge is -2.38. The number of hydrogen-bond donors (Lipinski definition) is 1. The van der Waals surface area contributed by atoms with E-state index in [1.54, 1.807) is 0 Å². The maximum absolute atomic E-state index is 6.61. The third-order valence-electron chi connectivity index (χ3n) is 5.73. The number of hydrogen-bond acceptors (Lipinski definition) is 3. The van der Waals surface area contributed by atoms with Crippen LogP contribution >= 0.6 is 0 Å². The molecule has 0 aromatic heterocycles. The molecule has 2 rings (SSSR count). The van der Waals surface area contributed by atoms with Gasteiger partial charge in [-0.3, -0.25) is 4.90 Å². The molecule has 0 unspecified atom stereocenters. The van der Waals surface area contributed by atoms with Gasteiger partial charge in [-0.25, -0.2) is 0 Å². The summed E-state index contributed by atoms with van der Waals surface area (Å²) in [6, 6.07) is 9.23. The van der Waals surface area contributed by atoms with Crippen molar-refractivity contribution in [1.29, 1.82) is 0 Å². The van der Waals surface area contributed by atoms with Crippen LogP contribution in [0.15, 0.2) is 24.3 Å². The third-order valence-corrected chi connectivity index (χ3v) is 10.3. The summed E-state index contributed by atoms with van der Waals surface area (Å²) in [5, 5.41) is 3.77. The molecule has 3 nitrogen and oxygen atoms in total. The summed E-state index contributed by atoms with van der Waals surface area (Å²) in [7, 11) is 0.401. The van der Waals surface area contributed by atoms with Crippen molar-refractivity contribution < 1.29 is 4.43 Å². The summed E-state index contributed by atoms with van der Waals surface area (Å²) < 4.78 is 6.61. The highest BCUT2D eigenvalue weighted by atomic mass is 28.4. The molecule has 0 radical (unpaired) electrons. The molecule has 1 aromatic rings. The standard InChI is InChI=1S/C20H36N2OSi/c1-16-9-8-10-17(13-16)19(21-5)15-22-12-11-18(14-22)23-24(6,7)20(2,3)4/h8-10,13,18-19,21H,11-12,14-15H2,1-7H3/t18-,19-/m0/s1. The van der Waals surface area contributed by atoms with E-state index in [4.69, 9.17) is 4.43 Å². The Balaban J connectivity index is 1.93. The quantitative estimate of drug-likeness (QED) is 0.774. The van der Waals surface area contributed by atoms with Crippen LogP contribution in [0.25, 0.3) is 0 Å². The van der Waals surface area contributed by atoms with Crippen molar-refractivity contribution in [1.82, 2.24) is 10.2 Å². The van der Waals surface area contributed by atoms with Gasteiger partial charge in [0.15, 0.2) is 8.32 Å². The lowest BCUT2D eigenvalue weighted by molar-refractivity contribution is 0.177. The molecular formula is C20H36N2OSi. The average Bonchev–Trinajstić information content (AvgIpc) is 2.90. The Morgan fingerprint density at radius 3 is 2.62 bits per heavy atom. The summed E-state index contributed by atoms with van der Waals surface area (Å²) in [6.45, 7) is 17.1. The van der Waals surface area contributed by atoms with Crippen LogP contribution in [0.5, 0.6) is 0 Å². The SMILES string of the molecule is CN[C@@H](CN1CC[C@H](O[Si](C)(C)C(C)(C)C)C1)c1cccc(C)c1. The Labute approximate surface area is 149 Å². The van der Waals surface area contributed by atoms with Gasteiger partial charge in [-0.15, -0.1) is 0 Å². The zero-order valence-corrected chi connectivity index (χ0v) is 17.6. The molecule has 1 aliphatic heterocycles. The van der Waals surface area contributed by atoms with Crippen molar-refractivity contribution in [2.75, 3.05) is 26.7 Å². The molecule has 4 heteroatoms. The fraction of sp³-hybridized carbons (Fsp3) is 0.700. The first-order valence-corrected chi connectivity index (χ1v) is 12.2. The molecule has 0 amide bonds. The van der Waals surface area contributed by atoms with Gasteiger partial charge in [-0.05, 0) is 44.1 Å². The molecule has 1 aromatic carbocycles. The smallest absolute Gasteiger partial charge is 0.192 e. The first-order chi connectivity index (χ1) is 11.1. The minimum atomic E-state index is -1.66. The summed E-state index contributed by atoms with van der Waals surface area (Å²) >= 11 is 0. The van der Waals surface area contributed by atoms with E-state index in [0.29, 0.717) is 12.1 Å². The van der Waals surface area contributed by atoms with Crippen molar-refractivity contribution in [2.24, 2.45) is 0 Å². The Morgan fingerprint density at radius 2 is 2.04 bits per heavy atom. The summed E-state index contributed by atoms with van der Waals surface area (Å²) in [5.74, 6) is 0. The van der Waals surface area contributed by atoms with E-state index in [1.807, 2.05) is 0 Å². The van der Waals surface area contributed by atoms with Crippen LogP contribution in [-0.4, -0.2) is 46.0 Å². The molecule has 0 saturated carbocycles. The van der Waals surface area contributed by atoms with Crippen molar-refractivity contribution >= 4 is 8.32 Å². The number of likely N-dealkylation sites (N-methyl/N-ethyl adjacent to an activating group) is 1. The molecule has 136 valence electrons. The number of aryl methyl sites for hydroxylation is 1. The summed E-state index contributed by atoms with van der Waals surface area (Å²) in [4.78, 5) is 2.56. The van der Waals surface area contributed by atoms with Crippen LogP contribution in [0, 0.1) is 6.92 Å². The first-order valence-electron chi connectivity index (χ1n) is 9.26. The van der Waals surface area contributed by atoms with Crippen molar-refractivity contribution in [3.8, 4) is 0 Å². The molecule has 0 spiro atoms. The highest BCUT2D eigenvalue weighted by molar-refractivity contribution is 6.74. The predicted octanol–water partition coefficient (Wildman–Crippen LogP) is 4.35. The Morgan fingerprint density at radius 1 is 1.33 bits per heavy atom. The first kappa shape index (κ1) is 19.6. The lowest BCUT2D eigenvalue weighted by atomic mass is 10.0. The van der Waals surface area contributed by atoms with Crippen LogP contribution < -0.4 is 5.32 Å². The monoisotopic (exact) mass is 348 g/mol. The van der Waals surface area contributed by atoms with E-state index >= 15 is 0 Å². The molecule has 1 aliphatic rings. The number of benzene rings is 1. The Bertz CT molecular complexity index is 539. The van der Waals surface area contributed by atoms with E-state index in [-0.39, 0.29) is 5.04 Å². The van der Waals surface area contributed by atoms with Crippen molar-refractivity contribution in [2.45, 2.75) is 64.4 Å². The number of nitrogens with one attached hydrogen (secondary N) is 1. The molecule has 1 fully saturated rings. The zero-order chi connectivity index (χ0) is 18.0. The van der Waals surface area contributed by atoms with Gasteiger partial charge in [0.25, 0.3) is 0 Å². The van der Waals surface area contributed by atoms with Gasteiger partial charge in [0, 0.05) is 25.7 Å².